The lowest BCUT2D eigenvalue weighted by atomic mass is 10.2. The van der Waals surface area contributed by atoms with Crippen molar-refractivity contribution >= 4 is 27.7 Å². The van der Waals surface area contributed by atoms with Gasteiger partial charge in [0.05, 0.1) is 23.5 Å². The number of rotatable bonds is 7. The molecule has 0 spiro atoms. The smallest absolute Gasteiger partial charge is 0.314 e. The molecule has 1 aromatic carbocycles. The number of anilines is 1. The summed E-state index contributed by atoms with van der Waals surface area (Å²) in [4.78, 5) is 4.29. The van der Waals surface area contributed by atoms with Crippen molar-refractivity contribution in [2.75, 3.05) is 28.9 Å². The van der Waals surface area contributed by atoms with Gasteiger partial charge in [0.25, 0.3) is 5.89 Å². The highest BCUT2D eigenvalue weighted by atomic mass is 32.2. The molecule has 1 aliphatic heterocycles. The Kier molecular flexibility index (Phi) is 6.49. The summed E-state index contributed by atoms with van der Waals surface area (Å²) in [6, 6.07) is 12.0. The van der Waals surface area contributed by atoms with Crippen LogP contribution in [0.4, 0.5) is 14.5 Å². The molecule has 0 saturated carbocycles. The Labute approximate surface area is 182 Å². The Morgan fingerprint density at radius 2 is 1.84 bits per heavy atom. The van der Waals surface area contributed by atoms with Crippen LogP contribution in [0.15, 0.2) is 53.1 Å². The summed E-state index contributed by atoms with van der Waals surface area (Å²) >= 11 is 1.73. The maximum absolute atomic E-state index is 13.4. The molecule has 0 aliphatic carbocycles. The number of thioether (sulfide) groups is 1. The number of para-hydroxylation sites is 1. The van der Waals surface area contributed by atoms with Crippen LogP contribution >= 0.6 is 11.8 Å². The number of pyridine rings is 1. The normalized spacial score (nSPS) is 15.3. The van der Waals surface area contributed by atoms with Gasteiger partial charge >= 0.3 is 16.6 Å². The first-order chi connectivity index (χ1) is 14.9. The van der Waals surface area contributed by atoms with E-state index in [1.807, 2.05) is 6.07 Å². The van der Waals surface area contributed by atoms with Crippen LogP contribution in [0.3, 0.4) is 0 Å². The largest absolute Gasteiger partial charge is 0.415 e. The molecule has 0 amide bonds. The van der Waals surface area contributed by atoms with E-state index in [0.29, 0.717) is 30.0 Å². The molecule has 8 nitrogen and oxygen atoms in total. The van der Waals surface area contributed by atoms with Crippen LogP contribution < -0.4 is 4.31 Å². The van der Waals surface area contributed by atoms with Crippen LogP contribution in [0.5, 0.6) is 0 Å². The maximum atomic E-state index is 13.4. The zero-order valence-corrected chi connectivity index (χ0v) is 17.9. The first kappa shape index (κ1) is 21.7. The number of halogens is 2. The SMILES string of the molecule is O=S(=O)(N1CCSCC1)N(Cc1ccc(-c2nnc(C(F)F)o2)cn1)c1ccccc1. The average molecular weight is 468 g/mol. The molecule has 1 fully saturated rings. The minimum absolute atomic E-state index is 0.0163. The number of nitrogens with zero attached hydrogens (tertiary/aromatic N) is 5. The number of hydrogen-bond acceptors (Lipinski definition) is 7. The minimum atomic E-state index is -3.75. The van der Waals surface area contributed by atoms with Crippen molar-refractivity contribution in [2.24, 2.45) is 0 Å². The van der Waals surface area contributed by atoms with Gasteiger partial charge in [0.2, 0.25) is 5.89 Å². The van der Waals surface area contributed by atoms with E-state index in [0.717, 1.165) is 11.5 Å². The third kappa shape index (κ3) is 4.86. The second-order valence-corrected chi connectivity index (χ2v) is 9.72. The highest BCUT2D eigenvalue weighted by Crippen LogP contribution is 2.26. The van der Waals surface area contributed by atoms with Gasteiger partial charge in [-0.2, -0.15) is 33.3 Å². The first-order valence-electron chi connectivity index (χ1n) is 9.42. The van der Waals surface area contributed by atoms with E-state index < -0.39 is 22.5 Å². The standard InChI is InChI=1S/C19H19F2N5O3S2/c20-17(21)19-24-23-18(29-19)14-6-7-15(22-12-14)13-26(16-4-2-1-3-5-16)31(27,28)25-8-10-30-11-9-25/h1-7,12,17H,8-11,13H2. The third-order valence-corrected chi connectivity index (χ3v) is 7.48. The van der Waals surface area contributed by atoms with Crippen molar-refractivity contribution < 1.29 is 21.6 Å². The van der Waals surface area contributed by atoms with Gasteiger partial charge in [-0.25, -0.2) is 0 Å². The molecule has 12 heteroatoms. The van der Waals surface area contributed by atoms with Gasteiger partial charge in [0.1, 0.15) is 0 Å². The quantitative estimate of drug-likeness (QED) is 0.526. The van der Waals surface area contributed by atoms with Gasteiger partial charge < -0.3 is 4.42 Å². The van der Waals surface area contributed by atoms with E-state index in [4.69, 9.17) is 4.42 Å². The molecule has 164 valence electrons. The van der Waals surface area contributed by atoms with E-state index in [-0.39, 0.29) is 12.4 Å². The van der Waals surface area contributed by atoms with Crippen molar-refractivity contribution in [3.05, 3.63) is 60.2 Å². The maximum Gasteiger partial charge on any atom is 0.314 e. The molecular formula is C19H19F2N5O3S2. The summed E-state index contributed by atoms with van der Waals surface area (Å²) in [6.07, 6.45) is -1.46. The Bertz CT molecular complexity index is 1110. The molecule has 0 bridgehead atoms. The van der Waals surface area contributed by atoms with Crippen LogP contribution in [-0.4, -0.2) is 52.5 Å². The zero-order chi connectivity index (χ0) is 21.8. The monoisotopic (exact) mass is 467 g/mol. The van der Waals surface area contributed by atoms with Gasteiger partial charge in [0.15, 0.2) is 0 Å². The highest BCUT2D eigenvalue weighted by molar-refractivity contribution is 7.99. The zero-order valence-electron chi connectivity index (χ0n) is 16.3. The molecule has 0 atom stereocenters. The molecule has 2 aromatic heterocycles. The van der Waals surface area contributed by atoms with E-state index in [9.17, 15) is 17.2 Å². The molecule has 31 heavy (non-hydrogen) atoms. The van der Waals surface area contributed by atoms with Crippen LogP contribution in [0, 0.1) is 0 Å². The fourth-order valence-electron chi connectivity index (χ4n) is 3.05. The number of hydrogen-bond donors (Lipinski definition) is 0. The summed E-state index contributed by atoms with van der Waals surface area (Å²) in [5.41, 5.74) is 1.38. The van der Waals surface area contributed by atoms with Gasteiger partial charge in [-0.3, -0.25) is 9.29 Å². The lowest BCUT2D eigenvalue weighted by Crippen LogP contribution is -2.47. The van der Waals surface area contributed by atoms with Crippen molar-refractivity contribution in [3.63, 3.8) is 0 Å². The topological polar surface area (TPSA) is 92.4 Å². The molecular weight excluding hydrogens is 448 g/mol. The number of benzene rings is 1. The van der Waals surface area contributed by atoms with Crippen molar-refractivity contribution in [2.45, 2.75) is 13.0 Å². The van der Waals surface area contributed by atoms with Gasteiger partial charge in [-0.1, -0.05) is 18.2 Å². The molecule has 0 radical (unpaired) electrons. The van der Waals surface area contributed by atoms with E-state index in [2.05, 4.69) is 15.2 Å². The van der Waals surface area contributed by atoms with Crippen molar-refractivity contribution in [3.8, 4) is 11.5 Å². The molecule has 3 aromatic rings. The summed E-state index contributed by atoms with van der Waals surface area (Å²) in [5, 5.41) is 6.89. The molecule has 1 aliphatic rings. The first-order valence-corrected chi connectivity index (χ1v) is 12.0. The molecule has 0 unspecified atom stereocenters. The summed E-state index contributed by atoms with van der Waals surface area (Å²) in [6.45, 7) is 0.918. The third-order valence-electron chi connectivity index (χ3n) is 4.62. The molecule has 1 saturated heterocycles. The van der Waals surface area contributed by atoms with Gasteiger partial charge in [0, 0.05) is 30.8 Å². The Balaban J connectivity index is 1.59. The van der Waals surface area contributed by atoms with Crippen LogP contribution in [-0.2, 0) is 16.8 Å². The minimum Gasteiger partial charge on any atom is -0.415 e. The van der Waals surface area contributed by atoms with Gasteiger partial charge in [-0.15, -0.1) is 10.2 Å². The lowest BCUT2D eigenvalue weighted by Gasteiger charge is -2.33. The van der Waals surface area contributed by atoms with Crippen molar-refractivity contribution in [1.29, 1.82) is 0 Å². The van der Waals surface area contributed by atoms with Crippen LogP contribution in [0.2, 0.25) is 0 Å². The Hall–Kier alpha value is -2.57. The average Bonchev–Trinajstić information content (AvgIpc) is 3.30. The molecule has 4 rings (SSSR count). The second-order valence-electron chi connectivity index (χ2n) is 6.65. The Morgan fingerprint density at radius 3 is 2.45 bits per heavy atom. The van der Waals surface area contributed by atoms with Crippen LogP contribution in [0.25, 0.3) is 11.5 Å². The summed E-state index contributed by atoms with van der Waals surface area (Å²) in [7, 11) is -3.75. The number of aromatic nitrogens is 3. The summed E-state index contributed by atoms with van der Waals surface area (Å²) < 4.78 is 59.7. The predicted molar refractivity (Wildman–Crippen MR) is 113 cm³/mol. The van der Waals surface area contributed by atoms with E-state index in [1.165, 1.54) is 14.8 Å². The highest BCUT2D eigenvalue weighted by Gasteiger charge is 2.31. The predicted octanol–water partition coefficient (Wildman–Crippen LogP) is 3.37. The van der Waals surface area contributed by atoms with Crippen LogP contribution in [0.1, 0.15) is 18.0 Å². The fraction of sp³-hybridized carbons (Fsp3) is 0.316. The van der Waals surface area contributed by atoms with E-state index >= 15 is 0 Å². The molecule has 3 heterocycles. The number of alkyl halides is 2. The van der Waals surface area contributed by atoms with Gasteiger partial charge in [-0.05, 0) is 24.3 Å². The second kappa shape index (κ2) is 9.28. The Morgan fingerprint density at radius 1 is 1.10 bits per heavy atom. The summed E-state index contributed by atoms with van der Waals surface area (Å²) in [5.74, 6) is 0.659. The molecule has 0 N–H and O–H groups in total. The fourth-order valence-corrected chi connectivity index (χ4v) is 5.79. The van der Waals surface area contributed by atoms with E-state index in [1.54, 1.807) is 48.2 Å². The van der Waals surface area contributed by atoms with Crippen molar-refractivity contribution in [1.82, 2.24) is 19.5 Å². The lowest BCUT2D eigenvalue weighted by molar-refractivity contribution is 0.116.